The number of carbonyl (C=O) groups is 2. The van der Waals surface area contributed by atoms with Crippen molar-refractivity contribution >= 4 is 11.8 Å². The van der Waals surface area contributed by atoms with Gasteiger partial charge in [-0.2, -0.15) is 0 Å². The van der Waals surface area contributed by atoms with Crippen molar-refractivity contribution < 1.29 is 9.59 Å². The average Bonchev–Trinajstić information content (AvgIpc) is 2.60. The summed E-state index contributed by atoms with van der Waals surface area (Å²) in [5.41, 5.74) is 3.22. The fourth-order valence-corrected chi connectivity index (χ4v) is 2.86. The molecule has 1 atom stereocenters. The quantitative estimate of drug-likeness (QED) is 0.767. The van der Waals surface area contributed by atoms with E-state index in [0.29, 0.717) is 6.54 Å². The standard InChI is InChI=1S/C21H27N3O2/c1-16(25)23-20(17-9-5-4-6-10-17)13-21(26)22-14-18-11-7-8-12-19(18)15-24(2)3/h4-12,20H,13-15H2,1-3H3,(H,22,26)(H,23,25)/t20-/m1/s1. The molecule has 0 aromatic heterocycles. The molecule has 0 saturated heterocycles. The van der Waals surface area contributed by atoms with Crippen LogP contribution in [0.25, 0.3) is 0 Å². The number of hydrogen-bond acceptors (Lipinski definition) is 3. The Labute approximate surface area is 155 Å². The molecule has 138 valence electrons. The highest BCUT2D eigenvalue weighted by atomic mass is 16.2. The topological polar surface area (TPSA) is 61.4 Å². The Morgan fingerprint density at radius 1 is 0.962 bits per heavy atom. The molecule has 2 N–H and O–H groups in total. The third kappa shape index (κ3) is 6.33. The van der Waals surface area contributed by atoms with Gasteiger partial charge in [-0.05, 0) is 30.8 Å². The monoisotopic (exact) mass is 353 g/mol. The van der Waals surface area contributed by atoms with Gasteiger partial charge in [-0.1, -0.05) is 54.6 Å². The van der Waals surface area contributed by atoms with Crippen LogP contribution in [0.2, 0.25) is 0 Å². The molecule has 5 nitrogen and oxygen atoms in total. The number of benzene rings is 2. The van der Waals surface area contributed by atoms with Crippen molar-refractivity contribution in [2.45, 2.75) is 32.5 Å². The van der Waals surface area contributed by atoms with Crippen LogP contribution >= 0.6 is 0 Å². The van der Waals surface area contributed by atoms with E-state index in [1.807, 2.05) is 62.6 Å². The van der Waals surface area contributed by atoms with Crippen LogP contribution < -0.4 is 10.6 Å². The van der Waals surface area contributed by atoms with Crippen LogP contribution in [0.1, 0.15) is 36.1 Å². The molecule has 26 heavy (non-hydrogen) atoms. The summed E-state index contributed by atoms with van der Waals surface area (Å²) >= 11 is 0. The van der Waals surface area contributed by atoms with E-state index in [2.05, 4.69) is 21.6 Å². The highest BCUT2D eigenvalue weighted by Gasteiger charge is 2.17. The zero-order chi connectivity index (χ0) is 18.9. The SMILES string of the molecule is CC(=O)N[C@H](CC(=O)NCc1ccccc1CN(C)C)c1ccccc1. The second-order valence-electron chi connectivity index (χ2n) is 6.65. The summed E-state index contributed by atoms with van der Waals surface area (Å²) in [6, 6.07) is 17.3. The van der Waals surface area contributed by atoms with Gasteiger partial charge in [-0.25, -0.2) is 0 Å². The maximum Gasteiger partial charge on any atom is 0.222 e. The summed E-state index contributed by atoms with van der Waals surface area (Å²) in [5, 5.41) is 5.83. The molecule has 0 heterocycles. The Balaban J connectivity index is 1.99. The minimum atomic E-state index is -0.328. The highest BCUT2D eigenvalue weighted by molar-refractivity contribution is 5.79. The van der Waals surface area contributed by atoms with Crippen molar-refractivity contribution in [3.8, 4) is 0 Å². The summed E-state index contributed by atoms with van der Waals surface area (Å²) in [4.78, 5) is 26.0. The van der Waals surface area contributed by atoms with Gasteiger partial charge in [0.1, 0.15) is 0 Å². The van der Waals surface area contributed by atoms with E-state index < -0.39 is 0 Å². The number of amides is 2. The van der Waals surface area contributed by atoms with Gasteiger partial charge in [0.15, 0.2) is 0 Å². The third-order valence-electron chi connectivity index (χ3n) is 4.05. The van der Waals surface area contributed by atoms with E-state index in [1.165, 1.54) is 12.5 Å². The van der Waals surface area contributed by atoms with Crippen LogP contribution in [0.15, 0.2) is 54.6 Å². The molecule has 2 aromatic carbocycles. The highest BCUT2D eigenvalue weighted by Crippen LogP contribution is 2.17. The maximum atomic E-state index is 12.4. The first-order valence-corrected chi connectivity index (χ1v) is 8.76. The Morgan fingerprint density at radius 3 is 2.19 bits per heavy atom. The van der Waals surface area contributed by atoms with Crippen LogP contribution in [0.5, 0.6) is 0 Å². The van der Waals surface area contributed by atoms with E-state index in [4.69, 9.17) is 0 Å². The lowest BCUT2D eigenvalue weighted by atomic mass is 10.0. The summed E-state index contributed by atoms with van der Waals surface area (Å²) in [7, 11) is 4.04. The Hall–Kier alpha value is -2.66. The average molecular weight is 353 g/mol. The van der Waals surface area contributed by atoms with Gasteiger partial charge >= 0.3 is 0 Å². The van der Waals surface area contributed by atoms with Crippen molar-refractivity contribution in [3.63, 3.8) is 0 Å². The maximum absolute atomic E-state index is 12.4. The van der Waals surface area contributed by atoms with E-state index >= 15 is 0 Å². The second-order valence-corrected chi connectivity index (χ2v) is 6.65. The molecule has 0 unspecified atom stereocenters. The normalized spacial score (nSPS) is 11.8. The molecule has 5 heteroatoms. The van der Waals surface area contributed by atoms with Gasteiger partial charge in [0.2, 0.25) is 11.8 Å². The zero-order valence-electron chi connectivity index (χ0n) is 15.7. The lowest BCUT2D eigenvalue weighted by molar-refractivity contribution is -0.122. The smallest absolute Gasteiger partial charge is 0.222 e. The van der Waals surface area contributed by atoms with Crippen LogP contribution in [0.4, 0.5) is 0 Å². The molecule has 0 aliphatic rings. The van der Waals surface area contributed by atoms with Gasteiger partial charge in [0, 0.05) is 20.0 Å². The molecule has 0 saturated carbocycles. The van der Waals surface area contributed by atoms with Gasteiger partial charge in [-0.3, -0.25) is 9.59 Å². The zero-order valence-corrected chi connectivity index (χ0v) is 15.7. The third-order valence-corrected chi connectivity index (χ3v) is 4.05. The summed E-state index contributed by atoms with van der Waals surface area (Å²) in [6.07, 6.45) is 0.208. The fraction of sp³-hybridized carbons (Fsp3) is 0.333. The molecule has 0 fully saturated rings. The number of nitrogens with one attached hydrogen (secondary N) is 2. The Kier molecular flexibility index (Phi) is 7.36. The van der Waals surface area contributed by atoms with Gasteiger partial charge in [0.05, 0.1) is 12.5 Å². The lowest BCUT2D eigenvalue weighted by Crippen LogP contribution is -2.32. The molecule has 0 spiro atoms. The predicted molar refractivity (Wildman–Crippen MR) is 103 cm³/mol. The van der Waals surface area contributed by atoms with Crippen LogP contribution in [-0.2, 0) is 22.7 Å². The fourth-order valence-electron chi connectivity index (χ4n) is 2.86. The summed E-state index contributed by atoms with van der Waals surface area (Å²) in [5.74, 6) is -0.241. The van der Waals surface area contributed by atoms with Crippen LogP contribution in [0, 0.1) is 0 Å². The largest absolute Gasteiger partial charge is 0.352 e. The van der Waals surface area contributed by atoms with Crippen molar-refractivity contribution in [3.05, 3.63) is 71.3 Å². The Morgan fingerprint density at radius 2 is 1.58 bits per heavy atom. The van der Waals surface area contributed by atoms with E-state index in [1.54, 1.807) is 0 Å². The van der Waals surface area contributed by atoms with Crippen molar-refractivity contribution in [1.29, 1.82) is 0 Å². The number of hydrogen-bond donors (Lipinski definition) is 2. The first-order valence-electron chi connectivity index (χ1n) is 8.76. The first kappa shape index (κ1) is 19.7. The van der Waals surface area contributed by atoms with Crippen molar-refractivity contribution in [2.24, 2.45) is 0 Å². The molecule has 0 bridgehead atoms. The minimum Gasteiger partial charge on any atom is -0.352 e. The number of rotatable bonds is 8. The molecule has 2 amide bonds. The van der Waals surface area contributed by atoms with Crippen molar-refractivity contribution in [1.82, 2.24) is 15.5 Å². The minimum absolute atomic E-state index is 0.0905. The number of nitrogens with zero attached hydrogens (tertiary/aromatic N) is 1. The van der Waals surface area contributed by atoms with Gasteiger partial charge in [0.25, 0.3) is 0 Å². The molecule has 2 aromatic rings. The molecular formula is C21H27N3O2. The van der Waals surface area contributed by atoms with Gasteiger partial charge in [-0.15, -0.1) is 0 Å². The van der Waals surface area contributed by atoms with Crippen LogP contribution in [0.3, 0.4) is 0 Å². The predicted octanol–water partition coefficient (Wildman–Crippen LogP) is 2.63. The first-order chi connectivity index (χ1) is 12.5. The molecule has 0 aliphatic heterocycles. The van der Waals surface area contributed by atoms with Gasteiger partial charge < -0.3 is 15.5 Å². The molecule has 2 rings (SSSR count). The second kappa shape index (κ2) is 9.73. The lowest BCUT2D eigenvalue weighted by Gasteiger charge is -2.19. The summed E-state index contributed by atoms with van der Waals surface area (Å²) < 4.78 is 0. The number of carbonyl (C=O) groups excluding carboxylic acids is 2. The molecule has 0 radical (unpaired) electrons. The van der Waals surface area contributed by atoms with E-state index in [-0.39, 0.29) is 24.3 Å². The molecular weight excluding hydrogens is 326 g/mol. The van der Waals surface area contributed by atoms with Crippen LogP contribution in [-0.4, -0.2) is 30.8 Å². The van der Waals surface area contributed by atoms with E-state index in [9.17, 15) is 9.59 Å². The summed E-state index contributed by atoms with van der Waals surface area (Å²) in [6.45, 7) is 2.76. The Bertz CT molecular complexity index is 729. The van der Waals surface area contributed by atoms with E-state index in [0.717, 1.165) is 17.7 Å². The van der Waals surface area contributed by atoms with Crippen molar-refractivity contribution in [2.75, 3.05) is 14.1 Å². The molecule has 0 aliphatic carbocycles.